The predicted octanol–water partition coefficient (Wildman–Crippen LogP) is 2.68. The third-order valence-electron chi connectivity index (χ3n) is 3.63. The lowest BCUT2D eigenvalue weighted by molar-refractivity contribution is -0.135. The number of hydrogen-bond donors (Lipinski definition) is 1. The summed E-state index contributed by atoms with van der Waals surface area (Å²) in [6.45, 7) is 0.855. The molecule has 3 rings (SSSR count). The minimum Gasteiger partial charge on any atom is -0.369 e. The van der Waals surface area contributed by atoms with Crippen LogP contribution in [0.2, 0.25) is 0 Å². The number of aromatic nitrogens is 3. The average molecular weight is 353 g/mol. The van der Waals surface area contributed by atoms with Crippen molar-refractivity contribution in [3.05, 3.63) is 29.0 Å². The molecule has 3 heterocycles. The SMILES string of the molecule is COC(OC)C1CCNc2c(Br)c(-c3ccncc3)nn21. The first-order valence-corrected chi connectivity index (χ1v) is 7.53. The number of rotatable bonds is 4. The summed E-state index contributed by atoms with van der Waals surface area (Å²) < 4.78 is 13.7. The summed E-state index contributed by atoms with van der Waals surface area (Å²) in [7, 11) is 3.30. The number of nitrogens with zero attached hydrogens (tertiary/aromatic N) is 3. The molecule has 21 heavy (non-hydrogen) atoms. The van der Waals surface area contributed by atoms with Gasteiger partial charge in [0, 0.05) is 38.7 Å². The molecule has 0 spiro atoms. The predicted molar refractivity (Wildman–Crippen MR) is 83.1 cm³/mol. The van der Waals surface area contributed by atoms with Gasteiger partial charge in [-0.3, -0.25) is 4.98 Å². The van der Waals surface area contributed by atoms with E-state index in [1.54, 1.807) is 26.6 Å². The molecular formula is C14H17BrN4O2. The Labute approximate surface area is 131 Å². The number of fused-ring (bicyclic) bond motifs is 1. The van der Waals surface area contributed by atoms with Crippen LogP contribution in [-0.4, -0.2) is 41.8 Å². The first-order chi connectivity index (χ1) is 10.3. The van der Waals surface area contributed by atoms with Crippen molar-refractivity contribution in [3.63, 3.8) is 0 Å². The fourth-order valence-corrected chi connectivity index (χ4v) is 3.26. The van der Waals surface area contributed by atoms with Gasteiger partial charge in [-0.25, -0.2) is 4.68 Å². The number of pyridine rings is 1. The van der Waals surface area contributed by atoms with Crippen molar-refractivity contribution in [3.8, 4) is 11.3 Å². The maximum absolute atomic E-state index is 5.41. The second kappa shape index (κ2) is 6.13. The van der Waals surface area contributed by atoms with E-state index in [1.807, 2.05) is 16.8 Å². The van der Waals surface area contributed by atoms with Gasteiger partial charge in [-0.05, 0) is 34.5 Å². The fraction of sp³-hybridized carbons (Fsp3) is 0.429. The number of methoxy groups -OCH3 is 2. The largest absolute Gasteiger partial charge is 0.369 e. The van der Waals surface area contributed by atoms with E-state index in [1.165, 1.54) is 0 Å². The summed E-state index contributed by atoms with van der Waals surface area (Å²) in [6, 6.07) is 3.93. The Kier molecular flexibility index (Phi) is 4.23. The van der Waals surface area contributed by atoms with Gasteiger partial charge in [-0.2, -0.15) is 5.10 Å². The third-order valence-corrected chi connectivity index (χ3v) is 4.38. The smallest absolute Gasteiger partial charge is 0.179 e. The zero-order valence-electron chi connectivity index (χ0n) is 11.9. The normalized spacial score (nSPS) is 17.6. The molecule has 112 valence electrons. The Morgan fingerprint density at radius 3 is 2.71 bits per heavy atom. The van der Waals surface area contributed by atoms with Gasteiger partial charge in [0.05, 0.1) is 4.47 Å². The molecule has 0 saturated heterocycles. The van der Waals surface area contributed by atoms with Gasteiger partial charge in [0.1, 0.15) is 17.6 Å². The van der Waals surface area contributed by atoms with Crippen molar-refractivity contribution >= 4 is 21.7 Å². The molecule has 0 fully saturated rings. The molecule has 0 aliphatic carbocycles. The summed E-state index contributed by atoms with van der Waals surface area (Å²) in [4.78, 5) is 4.05. The molecule has 6 nitrogen and oxygen atoms in total. The lowest BCUT2D eigenvalue weighted by Crippen LogP contribution is -2.34. The molecule has 1 N–H and O–H groups in total. The third kappa shape index (κ3) is 2.56. The summed E-state index contributed by atoms with van der Waals surface area (Å²) in [5.41, 5.74) is 1.91. The first-order valence-electron chi connectivity index (χ1n) is 6.74. The van der Waals surface area contributed by atoms with Crippen molar-refractivity contribution in [1.29, 1.82) is 0 Å². The van der Waals surface area contributed by atoms with Crippen molar-refractivity contribution in [2.24, 2.45) is 0 Å². The second-order valence-electron chi connectivity index (χ2n) is 4.81. The van der Waals surface area contributed by atoms with Crippen LogP contribution in [0.3, 0.4) is 0 Å². The van der Waals surface area contributed by atoms with Crippen LogP contribution in [0.1, 0.15) is 12.5 Å². The standard InChI is InChI=1S/C14H17BrN4O2/c1-20-14(21-2)10-5-8-17-13-11(15)12(18-19(10)13)9-3-6-16-7-4-9/h3-4,6-7,10,14,17H,5,8H2,1-2H3. The molecule has 0 aromatic carbocycles. The quantitative estimate of drug-likeness (QED) is 0.857. The molecule has 7 heteroatoms. The Balaban J connectivity index is 2.05. The monoisotopic (exact) mass is 352 g/mol. The highest BCUT2D eigenvalue weighted by atomic mass is 79.9. The van der Waals surface area contributed by atoms with Gasteiger partial charge in [0.25, 0.3) is 0 Å². The Hall–Kier alpha value is -1.44. The molecule has 0 saturated carbocycles. The lowest BCUT2D eigenvalue weighted by Gasteiger charge is -2.30. The van der Waals surface area contributed by atoms with E-state index >= 15 is 0 Å². The minimum absolute atomic E-state index is 0.0446. The minimum atomic E-state index is -0.317. The van der Waals surface area contributed by atoms with Crippen molar-refractivity contribution in [1.82, 2.24) is 14.8 Å². The first kappa shape index (κ1) is 14.5. The van der Waals surface area contributed by atoms with Crippen LogP contribution in [-0.2, 0) is 9.47 Å². The van der Waals surface area contributed by atoms with Crippen LogP contribution in [0.15, 0.2) is 29.0 Å². The van der Waals surface area contributed by atoms with Crippen molar-refractivity contribution in [2.75, 3.05) is 26.1 Å². The van der Waals surface area contributed by atoms with Crippen molar-refractivity contribution in [2.45, 2.75) is 18.8 Å². The molecule has 1 aliphatic heterocycles. The number of hydrogen-bond acceptors (Lipinski definition) is 5. The molecule has 0 bridgehead atoms. The second-order valence-corrected chi connectivity index (χ2v) is 5.61. The Bertz CT molecular complexity index is 613. The van der Waals surface area contributed by atoms with E-state index in [2.05, 4.69) is 26.2 Å². The maximum Gasteiger partial charge on any atom is 0.179 e. The summed E-state index contributed by atoms with van der Waals surface area (Å²) >= 11 is 3.65. The number of nitrogens with one attached hydrogen (secondary N) is 1. The van der Waals surface area contributed by atoms with E-state index in [0.29, 0.717) is 0 Å². The molecule has 1 atom stereocenters. The average Bonchev–Trinajstić information content (AvgIpc) is 2.88. The van der Waals surface area contributed by atoms with Crippen LogP contribution < -0.4 is 5.32 Å². The molecular weight excluding hydrogens is 336 g/mol. The highest BCUT2D eigenvalue weighted by molar-refractivity contribution is 9.10. The molecule has 2 aromatic rings. The Morgan fingerprint density at radius 1 is 1.33 bits per heavy atom. The van der Waals surface area contributed by atoms with Crippen LogP contribution in [0.25, 0.3) is 11.3 Å². The molecule has 2 aromatic heterocycles. The Morgan fingerprint density at radius 2 is 2.05 bits per heavy atom. The van der Waals surface area contributed by atoms with Crippen LogP contribution in [0.5, 0.6) is 0 Å². The lowest BCUT2D eigenvalue weighted by atomic mass is 10.1. The van der Waals surface area contributed by atoms with E-state index in [-0.39, 0.29) is 12.3 Å². The van der Waals surface area contributed by atoms with E-state index in [9.17, 15) is 0 Å². The molecule has 1 unspecified atom stereocenters. The summed E-state index contributed by atoms with van der Waals surface area (Å²) in [5, 5.41) is 8.12. The molecule has 0 amide bonds. The van der Waals surface area contributed by atoms with Gasteiger partial charge in [0.2, 0.25) is 0 Å². The zero-order valence-corrected chi connectivity index (χ0v) is 13.5. The highest BCUT2D eigenvalue weighted by Gasteiger charge is 2.31. The van der Waals surface area contributed by atoms with Gasteiger partial charge in [-0.1, -0.05) is 0 Å². The molecule has 1 aliphatic rings. The van der Waals surface area contributed by atoms with Gasteiger partial charge in [0.15, 0.2) is 6.29 Å². The highest BCUT2D eigenvalue weighted by Crippen LogP contribution is 2.39. The number of anilines is 1. The fourth-order valence-electron chi connectivity index (χ4n) is 2.63. The van der Waals surface area contributed by atoms with Crippen LogP contribution in [0.4, 0.5) is 5.82 Å². The van der Waals surface area contributed by atoms with E-state index in [0.717, 1.165) is 34.5 Å². The van der Waals surface area contributed by atoms with E-state index in [4.69, 9.17) is 14.6 Å². The van der Waals surface area contributed by atoms with Crippen LogP contribution in [0, 0.1) is 0 Å². The van der Waals surface area contributed by atoms with Gasteiger partial charge >= 0.3 is 0 Å². The topological polar surface area (TPSA) is 61.2 Å². The summed E-state index contributed by atoms with van der Waals surface area (Å²) in [6.07, 6.45) is 4.10. The van der Waals surface area contributed by atoms with Gasteiger partial charge < -0.3 is 14.8 Å². The number of halogens is 1. The molecule has 0 radical (unpaired) electrons. The summed E-state index contributed by atoms with van der Waals surface area (Å²) in [5.74, 6) is 0.956. The van der Waals surface area contributed by atoms with Crippen LogP contribution >= 0.6 is 15.9 Å². The van der Waals surface area contributed by atoms with Gasteiger partial charge in [-0.15, -0.1) is 0 Å². The van der Waals surface area contributed by atoms with E-state index < -0.39 is 0 Å². The maximum atomic E-state index is 5.41. The number of ether oxygens (including phenoxy) is 2. The zero-order chi connectivity index (χ0) is 14.8. The van der Waals surface area contributed by atoms with Crippen molar-refractivity contribution < 1.29 is 9.47 Å².